The van der Waals surface area contributed by atoms with E-state index in [0.29, 0.717) is 22.9 Å². The van der Waals surface area contributed by atoms with Crippen LogP contribution in [0.15, 0.2) is 48.8 Å². The van der Waals surface area contributed by atoms with Crippen LogP contribution in [-0.4, -0.2) is 38.0 Å². The van der Waals surface area contributed by atoms with Gasteiger partial charge in [0, 0.05) is 29.9 Å². The maximum Gasteiger partial charge on any atom is 0.274 e. The van der Waals surface area contributed by atoms with Crippen molar-refractivity contribution in [2.24, 2.45) is 0 Å². The third kappa shape index (κ3) is 3.08. The van der Waals surface area contributed by atoms with Crippen LogP contribution in [-0.2, 0) is 0 Å². The molecule has 0 N–H and O–H groups in total. The smallest absolute Gasteiger partial charge is 0.274 e. The average molecular weight is 387 g/mol. The quantitative estimate of drug-likeness (QED) is 0.657. The minimum absolute atomic E-state index is 0.0418. The van der Waals surface area contributed by atoms with Crippen LogP contribution >= 0.6 is 23.2 Å². The van der Waals surface area contributed by atoms with E-state index < -0.39 is 0 Å². The fraction of sp³-hybridized carbons (Fsp3) is 0.211. The summed E-state index contributed by atoms with van der Waals surface area (Å²) in [5, 5.41) is 5.51. The van der Waals surface area contributed by atoms with Gasteiger partial charge < -0.3 is 4.90 Å². The fourth-order valence-corrected chi connectivity index (χ4v) is 3.63. The van der Waals surface area contributed by atoms with Crippen LogP contribution in [0.25, 0.3) is 11.2 Å². The van der Waals surface area contributed by atoms with E-state index in [1.54, 1.807) is 12.3 Å². The molecule has 2 aromatic heterocycles. The molecule has 5 nitrogen and oxygen atoms in total. The first-order valence-electron chi connectivity index (χ1n) is 8.29. The first-order valence-corrected chi connectivity index (χ1v) is 9.04. The molecule has 132 valence electrons. The van der Waals surface area contributed by atoms with Crippen molar-refractivity contribution in [1.29, 1.82) is 0 Å². The number of rotatable bonds is 2. The third-order valence-electron chi connectivity index (χ3n) is 4.56. The first kappa shape index (κ1) is 17.1. The molecule has 0 saturated heterocycles. The Morgan fingerprint density at radius 2 is 2.08 bits per heavy atom. The Hall–Kier alpha value is -2.37. The molecule has 26 heavy (non-hydrogen) atoms. The van der Waals surface area contributed by atoms with Gasteiger partial charge in [0.15, 0.2) is 11.3 Å². The van der Waals surface area contributed by atoms with E-state index in [1.165, 1.54) is 10.7 Å². The van der Waals surface area contributed by atoms with Crippen LogP contribution < -0.4 is 0 Å². The molecule has 1 atom stereocenters. The van der Waals surface area contributed by atoms with Crippen molar-refractivity contribution in [3.63, 3.8) is 0 Å². The van der Waals surface area contributed by atoms with Gasteiger partial charge in [0.05, 0.1) is 11.2 Å². The Morgan fingerprint density at radius 1 is 1.27 bits per heavy atom. The van der Waals surface area contributed by atoms with E-state index in [2.05, 4.69) is 16.2 Å². The van der Waals surface area contributed by atoms with Crippen molar-refractivity contribution in [3.05, 3.63) is 70.1 Å². The van der Waals surface area contributed by atoms with Gasteiger partial charge >= 0.3 is 0 Å². The van der Waals surface area contributed by atoms with Gasteiger partial charge in [0.25, 0.3) is 5.91 Å². The number of carbonyl (C=O) groups is 1. The minimum Gasteiger partial charge on any atom is -0.330 e. The highest BCUT2D eigenvalue weighted by Crippen LogP contribution is 2.31. The Kier molecular flexibility index (Phi) is 4.42. The number of nitrogens with zero attached hydrogens (tertiary/aromatic N) is 4. The van der Waals surface area contributed by atoms with Crippen LogP contribution in [0.5, 0.6) is 0 Å². The van der Waals surface area contributed by atoms with Gasteiger partial charge in [0.2, 0.25) is 0 Å². The molecule has 3 aromatic rings. The Bertz CT molecular complexity index is 1030. The zero-order chi connectivity index (χ0) is 18.3. The summed E-state index contributed by atoms with van der Waals surface area (Å²) >= 11 is 12.2. The van der Waals surface area contributed by atoms with Gasteiger partial charge in [-0.25, -0.2) is 9.50 Å². The van der Waals surface area contributed by atoms with Crippen LogP contribution in [0.4, 0.5) is 0 Å². The molecule has 0 fully saturated rings. The van der Waals surface area contributed by atoms with Crippen LogP contribution in [0.3, 0.4) is 0 Å². The van der Waals surface area contributed by atoms with E-state index >= 15 is 0 Å². The molecule has 1 aromatic carbocycles. The molecule has 1 unspecified atom stereocenters. The molecule has 0 spiro atoms. The lowest BCUT2D eigenvalue weighted by Gasteiger charge is -2.33. The number of amides is 1. The Morgan fingerprint density at radius 3 is 2.85 bits per heavy atom. The molecule has 1 aliphatic rings. The molecule has 7 heteroatoms. The van der Waals surface area contributed by atoms with Gasteiger partial charge in [-0.1, -0.05) is 47.5 Å². The Balaban J connectivity index is 1.60. The predicted octanol–water partition coefficient (Wildman–Crippen LogP) is 4.35. The normalized spacial score (nSPS) is 17.4. The monoisotopic (exact) mass is 386 g/mol. The molecular weight excluding hydrogens is 371 g/mol. The molecule has 1 amide bonds. The second kappa shape index (κ2) is 6.74. The van der Waals surface area contributed by atoms with Gasteiger partial charge in [-0.2, -0.15) is 5.10 Å². The molecule has 0 aliphatic carbocycles. The number of carbonyl (C=O) groups excluding carboxylic acids is 1. The number of hydrogen-bond acceptors (Lipinski definition) is 3. The third-order valence-corrected chi connectivity index (χ3v) is 5.09. The van der Waals surface area contributed by atoms with E-state index in [-0.39, 0.29) is 11.9 Å². The number of benzene rings is 1. The van der Waals surface area contributed by atoms with E-state index in [9.17, 15) is 4.79 Å². The van der Waals surface area contributed by atoms with Crippen molar-refractivity contribution >= 4 is 40.3 Å². The number of fused-ring (bicyclic) bond motifs is 1. The second-order valence-electron chi connectivity index (χ2n) is 6.32. The zero-order valence-corrected chi connectivity index (χ0v) is 15.6. The SMILES string of the molecule is CC1CC(c2ccccc2Cl)=CCN1C(=O)c1cc2ncc(Cl)cn2n1. The number of aromatic nitrogens is 3. The topological polar surface area (TPSA) is 50.5 Å². The molecule has 0 radical (unpaired) electrons. The molecule has 3 heterocycles. The lowest BCUT2D eigenvalue weighted by Crippen LogP contribution is -2.41. The maximum atomic E-state index is 12.9. The lowest BCUT2D eigenvalue weighted by atomic mass is 9.94. The van der Waals surface area contributed by atoms with Crippen molar-refractivity contribution in [3.8, 4) is 0 Å². The summed E-state index contributed by atoms with van der Waals surface area (Å²) in [6.07, 6.45) is 5.97. The Labute approximate surface area is 160 Å². The molecule has 0 bridgehead atoms. The summed E-state index contributed by atoms with van der Waals surface area (Å²) in [5.41, 5.74) is 3.14. The van der Waals surface area contributed by atoms with Crippen molar-refractivity contribution < 1.29 is 4.79 Å². The summed E-state index contributed by atoms with van der Waals surface area (Å²) in [6, 6.07) is 9.50. The zero-order valence-electron chi connectivity index (χ0n) is 14.1. The molecule has 1 aliphatic heterocycles. The van der Waals surface area contributed by atoms with Gasteiger partial charge in [0.1, 0.15) is 0 Å². The highest BCUT2D eigenvalue weighted by atomic mass is 35.5. The van der Waals surface area contributed by atoms with Crippen molar-refractivity contribution in [1.82, 2.24) is 19.5 Å². The fourth-order valence-electron chi connectivity index (χ4n) is 3.23. The van der Waals surface area contributed by atoms with Crippen LogP contribution in [0.1, 0.15) is 29.4 Å². The van der Waals surface area contributed by atoms with Crippen molar-refractivity contribution in [2.45, 2.75) is 19.4 Å². The van der Waals surface area contributed by atoms with Gasteiger partial charge in [-0.15, -0.1) is 0 Å². The highest BCUT2D eigenvalue weighted by Gasteiger charge is 2.27. The van der Waals surface area contributed by atoms with Gasteiger partial charge in [-0.3, -0.25) is 4.79 Å². The van der Waals surface area contributed by atoms with Crippen LogP contribution in [0, 0.1) is 0 Å². The predicted molar refractivity (Wildman–Crippen MR) is 103 cm³/mol. The summed E-state index contributed by atoms with van der Waals surface area (Å²) < 4.78 is 1.52. The summed E-state index contributed by atoms with van der Waals surface area (Å²) in [5.74, 6) is -0.117. The highest BCUT2D eigenvalue weighted by molar-refractivity contribution is 6.32. The number of hydrogen-bond donors (Lipinski definition) is 0. The largest absolute Gasteiger partial charge is 0.330 e. The first-order chi connectivity index (χ1) is 12.5. The second-order valence-corrected chi connectivity index (χ2v) is 7.17. The molecule has 0 saturated carbocycles. The van der Waals surface area contributed by atoms with Gasteiger partial charge in [-0.05, 0) is 30.5 Å². The van der Waals surface area contributed by atoms with E-state index in [1.807, 2.05) is 36.1 Å². The van der Waals surface area contributed by atoms with Crippen molar-refractivity contribution in [2.75, 3.05) is 6.54 Å². The maximum absolute atomic E-state index is 12.9. The minimum atomic E-state index is -0.117. The van der Waals surface area contributed by atoms with E-state index in [4.69, 9.17) is 23.2 Å². The summed E-state index contributed by atoms with van der Waals surface area (Å²) in [7, 11) is 0. The number of halogens is 2. The standard InChI is InChI=1S/C19H16Cl2N4O/c1-12-8-13(15-4-2-3-5-16(15)21)6-7-24(12)19(26)17-9-18-22-10-14(20)11-25(18)23-17/h2-6,9-12H,7-8H2,1H3. The van der Waals surface area contributed by atoms with Crippen LogP contribution in [0.2, 0.25) is 10.0 Å². The lowest BCUT2D eigenvalue weighted by molar-refractivity contribution is 0.0705. The summed E-state index contributed by atoms with van der Waals surface area (Å²) in [4.78, 5) is 18.9. The summed E-state index contributed by atoms with van der Waals surface area (Å²) in [6.45, 7) is 2.55. The molecule has 4 rings (SSSR count). The van der Waals surface area contributed by atoms with E-state index in [0.717, 1.165) is 22.6 Å². The average Bonchev–Trinajstić information content (AvgIpc) is 3.04. The molecular formula is C19H16Cl2N4O.